The van der Waals surface area contributed by atoms with Crippen molar-refractivity contribution in [2.24, 2.45) is 0 Å². The molecule has 0 aliphatic heterocycles. The molecule has 1 rings (SSSR count). The van der Waals surface area contributed by atoms with Crippen LogP contribution in [-0.2, 0) is 5.54 Å². The van der Waals surface area contributed by atoms with Gasteiger partial charge in [0.25, 0.3) is 0 Å². The van der Waals surface area contributed by atoms with Gasteiger partial charge >= 0.3 is 0 Å². The molecule has 0 N–H and O–H groups in total. The van der Waals surface area contributed by atoms with Crippen LogP contribution in [0.5, 0.6) is 0 Å². The largest absolute Gasteiger partial charge is 0.215 e. The second-order valence-electron chi connectivity index (χ2n) is 3.48. The summed E-state index contributed by atoms with van der Waals surface area (Å²) in [6.07, 6.45) is 0. The van der Waals surface area contributed by atoms with Gasteiger partial charge in [-0.1, -0.05) is 18.7 Å². The number of aromatic nitrogens is 4. The van der Waals surface area contributed by atoms with Gasteiger partial charge in [-0.25, -0.2) is 4.68 Å². The quantitative estimate of drug-likeness (QED) is 0.657. The van der Waals surface area contributed by atoms with Crippen LogP contribution in [0.25, 0.3) is 0 Å². The summed E-state index contributed by atoms with van der Waals surface area (Å²) in [6, 6.07) is 0. The van der Waals surface area contributed by atoms with Crippen LogP contribution in [0.15, 0.2) is 5.16 Å². The molecule has 0 bridgehead atoms. The monoisotopic (exact) mass is 186 g/mol. The Morgan fingerprint density at radius 2 is 2.08 bits per heavy atom. The van der Waals surface area contributed by atoms with Crippen LogP contribution in [0.4, 0.5) is 0 Å². The summed E-state index contributed by atoms with van der Waals surface area (Å²) in [4.78, 5) is 0. The summed E-state index contributed by atoms with van der Waals surface area (Å²) >= 11 is 1.66. The fourth-order valence-corrected chi connectivity index (χ4v) is 1.60. The minimum Gasteiger partial charge on any atom is -0.215 e. The fraction of sp³-hybridized carbons (Fsp3) is 0.857. The number of hydrogen-bond donors (Lipinski definition) is 0. The average molecular weight is 186 g/mol. The third kappa shape index (κ3) is 1.97. The lowest BCUT2D eigenvalue weighted by molar-refractivity contribution is 0.321. The molecule has 0 aromatic carbocycles. The fourth-order valence-electron chi connectivity index (χ4n) is 0.819. The molecule has 1 heterocycles. The molecule has 0 unspecified atom stereocenters. The number of tetrazole rings is 1. The molecule has 12 heavy (non-hydrogen) atoms. The SMILES string of the molecule is CCSc1nnnn1C(C)(C)C. The molecule has 1 aromatic heterocycles. The Kier molecular flexibility index (Phi) is 2.72. The lowest BCUT2D eigenvalue weighted by Crippen LogP contribution is -2.24. The van der Waals surface area contributed by atoms with E-state index in [4.69, 9.17) is 0 Å². The van der Waals surface area contributed by atoms with Crippen LogP contribution in [0.2, 0.25) is 0 Å². The Labute approximate surface area is 76.7 Å². The topological polar surface area (TPSA) is 43.6 Å². The van der Waals surface area contributed by atoms with Crippen LogP contribution >= 0.6 is 11.8 Å². The van der Waals surface area contributed by atoms with Gasteiger partial charge in [0, 0.05) is 0 Å². The first-order chi connectivity index (χ1) is 5.55. The number of hydrogen-bond acceptors (Lipinski definition) is 4. The van der Waals surface area contributed by atoms with Crippen molar-refractivity contribution in [3.63, 3.8) is 0 Å². The molecule has 4 nitrogen and oxygen atoms in total. The maximum Gasteiger partial charge on any atom is 0.209 e. The Morgan fingerprint density at radius 1 is 1.42 bits per heavy atom. The minimum absolute atomic E-state index is 0.0268. The Balaban J connectivity index is 2.91. The second-order valence-corrected chi connectivity index (χ2v) is 4.71. The molecule has 5 heteroatoms. The van der Waals surface area contributed by atoms with Crippen LogP contribution in [-0.4, -0.2) is 26.0 Å². The molecular weight excluding hydrogens is 172 g/mol. The Morgan fingerprint density at radius 3 is 2.58 bits per heavy atom. The zero-order valence-electron chi connectivity index (χ0n) is 7.90. The van der Waals surface area contributed by atoms with Crippen LogP contribution in [0.1, 0.15) is 27.7 Å². The van der Waals surface area contributed by atoms with Crippen molar-refractivity contribution in [1.82, 2.24) is 20.2 Å². The van der Waals surface area contributed by atoms with Gasteiger partial charge in [-0.2, -0.15) is 0 Å². The average Bonchev–Trinajstić information content (AvgIpc) is 2.34. The highest BCUT2D eigenvalue weighted by Crippen LogP contribution is 2.20. The van der Waals surface area contributed by atoms with Gasteiger partial charge in [-0.05, 0) is 37.0 Å². The second kappa shape index (κ2) is 3.43. The first kappa shape index (κ1) is 9.51. The molecule has 0 aliphatic rings. The summed E-state index contributed by atoms with van der Waals surface area (Å²) in [7, 11) is 0. The van der Waals surface area contributed by atoms with Crippen molar-refractivity contribution in [3.8, 4) is 0 Å². The summed E-state index contributed by atoms with van der Waals surface area (Å²) in [5.41, 5.74) is -0.0268. The first-order valence-corrected chi connectivity index (χ1v) is 4.96. The molecule has 0 fully saturated rings. The highest BCUT2D eigenvalue weighted by molar-refractivity contribution is 7.99. The minimum atomic E-state index is -0.0268. The van der Waals surface area contributed by atoms with E-state index in [1.807, 2.05) is 4.68 Å². The standard InChI is InChI=1S/C7H14N4S/c1-5-12-6-8-9-10-11(6)7(2,3)4/h5H2,1-4H3. The summed E-state index contributed by atoms with van der Waals surface area (Å²) in [5, 5.41) is 12.4. The highest BCUT2D eigenvalue weighted by Gasteiger charge is 2.18. The molecule has 0 spiro atoms. The van der Waals surface area contributed by atoms with Crippen molar-refractivity contribution >= 4 is 11.8 Å². The summed E-state index contributed by atoms with van der Waals surface area (Å²) in [6.45, 7) is 8.35. The van der Waals surface area contributed by atoms with E-state index >= 15 is 0 Å². The van der Waals surface area contributed by atoms with Gasteiger partial charge in [0.2, 0.25) is 5.16 Å². The van der Waals surface area contributed by atoms with E-state index in [0.29, 0.717) is 0 Å². The Hall–Kier alpha value is -0.580. The van der Waals surface area contributed by atoms with Crippen LogP contribution in [0, 0.1) is 0 Å². The van der Waals surface area contributed by atoms with E-state index in [1.54, 1.807) is 11.8 Å². The Bertz CT molecular complexity index is 250. The smallest absolute Gasteiger partial charge is 0.209 e. The molecule has 0 saturated heterocycles. The van der Waals surface area contributed by atoms with Crippen molar-refractivity contribution < 1.29 is 0 Å². The van der Waals surface area contributed by atoms with Crippen molar-refractivity contribution in [2.45, 2.75) is 38.4 Å². The normalized spacial score (nSPS) is 12.0. The van der Waals surface area contributed by atoms with Gasteiger partial charge in [0.1, 0.15) is 0 Å². The molecule has 0 radical (unpaired) electrons. The van der Waals surface area contributed by atoms with Gasteiger partial charge < -0.3 is 0 Å². The van der Waals surface area contributed by atoms with Crippen molar-refractivity contribution in [2.75, 3.05) is 5.75 Å². The van der Waals surface area contributed by atoms with Gasteiger partial charge in [0.15, 0.2) is 0 Å². The number of nitrogens with zero attached hydrogens (tertiary/aromatic N) is 4. The summed E-state index contributed by atoms with van der Waals surface area (Å²) in [5.74, 6) is 0.996. The maximum atomic E-state index is 3.94. The van der Waals surface area contributed by atoms with E-state index in [-0.39, 0.29) is 5.54 Å². The predicted octanol–water partition coefficient (Wildman–Crippen LogP) is 1.54. The van der Waals surface area contributed by atoms with Crippen molar-refractivity contribution in [3.05, 3.63) is 0 Å². The van der Waals surface area contributed by atoms with Crippen molar-refractivity contribution in [1.29, 1.82) is 0 Å². The molecule has 0 atom stereocenters. The lowest BCUT2D eigenvalue weighted by Gasteiger charge is -2.19. The number of thioether (sulfide) groups is 1. The zero-order valence-corrected chi connectivity index (χ0v) is 8.72. The third-order valence-corrected chi connectivity index (χ3v) is 2.15. The predicted molar refractivity (Wildman–Crippen MR) is 49.2 cm³/mol. The van der Waals surface area contributed by atoms with Gasteiger partial charge in [-0.3, -0.25) is 0 Å². The van der Waals surface area contributed by atoms with E-state index in [0.717, 1.165) is 10.9 Å². The molecular formula is C7H14N4S. The zero-order chi connectivity index (χ0) is 9.19. The molecule has 0 aliphatic carbocycles. The molecule has 68 valence electrons. The maximum absolute atomic E-state index is 3.94. The molecule has 1 aromatic rings. The van der Waals surface area contributed by atoms with Crippen LogP contribution in [0.3, 0.4) is 0 Å². The van der Waals surface area contributed by atoms with E-state index in [1.165, 1.54) is 0 Å². The van der Waals surface area contributed by atoms with Gasteiger partial charge in [0.05, 0.1) is 5.54 Å². The van der Waals surface area contributed by atoms with Crippen LogP contribution < -0.4 is 0 Å². The van der Waals surface area contributed by atoms with E-state index < -0.39 is 0 Å². The summed E-state index contributed by atoms with van der Waals surface area (Å²) < 4.78 is 1.85. The first-order valence-electron chi connectivity index (χ1n) is 3.97. The lowest BCUT2D eigenvalue weighted by atomic mass is 10.1. The third-order valence-electron chi connectivity index (χ3n) is 1.35. The molecule has 0 saturated carbocycles. The van der Waals surface area contributed by atoms with E-state index in [2.05, 4.69) is 43.2 Å². The highest BCUT2D eigenvalue weighted by atomic mass is 32.2. The number of rotatable bonds is 2. The van der Waals surface area contributed by atoms with Gasteiger partial charge in [-0.15, -0.1) is 5.10 Å². The molecule has 0 amide bonds. The van der Waals surface area contributed by atoms with E-state index in [9.17, 15) is 0 Å².